The minimum atomic E-state index is -0.412. The zero-order valence-corrected chi connectivity index (χ0v) is 23.2. The predicted octanol–water partition coefficient (Wildman–Crippen LogP) is 8.79. The van der Waals surface area contributed by atoms with Gasteiger partial charge in [0.1, 0.15) is 23.1 Å². The van der Waals surface area contributed by atoms with Crippen molar-refractivity contribution < 1.29 is 45.2 Å². The van der Waals surface area contributed by atoms with Crippen molar-refractivity contribution in [3.05, 3.63) is 144 Å². The molecular weight excluding hydrogens is 546 g/mol. The van der Waals surface area contributed by atoms with E-state index in [2.05, 4.69) is 86.6 Å². The van der Waals surface area contributed by atoms with Crippen molar-refractivity contribution in [2.75, 3.05) is 0 Å². The summed E-state index contributed by atoms with van der Waals surface area (Å²) in [6.45, 7) is 4.28. The van der Waals surface area contributed by atoms with Crippen LogP contribution in [0.4, 0.5) is 8.78 Å². The number of phenols is 2. The van der Waals surface area contributed by atoms with Crippen LogP contribution >= 0.6 is 0 Å². The van der Waals surface area contributed by atoms with Gasteiger partial charge in [0, 0.05) is 12.1 Å². The third-order valence-corrected chi connectivity index (χ3v) is 5.41. The van der Waals surface area contributed by atoms with E-state index in [1.807, 2.05) is 0 Å². The molecule has 0 aliphatic carbocycles. The van der Waals surface area contributed by atoms with E-state index in [4.69, 9.17) is 10.2 Å². The van der Waals surface area contributed by atoms with E-state index < -0.39 is 11.6 Å². The molecule has 0 atom stereocenters. The Morgan fingerprint density at radius 3 is 1.19 bits per heavy atom. The Bertz CT molecular complexity index is 1370. The van der Waals surface area contributed by atoms with E-state index >= 15 is 0 Å². The molecular formula is C32H28F2O2Zr. The van der Waals surface area contributed by atoms with Gasteiger partial charge in [-0.1, -0.05) is 38.1 Å². The Kier molecular flexibility index (Phi) is 11.9. The van der Waals surface area contributed by atoms with Crippen LogP contribution in [0, 0.1) is 25.5 Å². The zero-order chi connectivity index (χ0) is 25.9. The number of aromatic hydroxyl groups is 2. The number of rotatable bonds is 0. The van der Waals surface area contributed by atoms with Gasteiger partial charge < -0.3 is 10.2 Å². The number of fused-ring (bicyclic) bond motifs is 2. The third-order valence-electron chi connectivity index (χ3n) is 5.41. The SMILES string of the molecule is C[c-]1ccc2ccccc21.C[c-]1ccc2ccccc21.Oc1cccc(F)c1.Oc1cccc(F)c1.[Zr+2]. The molecule has 0 aliphatic rings. The standard InChI is InChI=1S/2C10H9.2C6H5FO.Zr/c2*1-8-6-7-9-4-2-3-5-10(8)9;2*7-5-2-1-3-6(8)4-5;/h2*2-7H,1H3;2*1-4,8H;/q2*-1;;;+2. The molecule has 6 rings (SSSR count). The van der Waals surface area contributed by atoms with Crippen LogP contribution in [0.3, 0.4) is 0 Å². The summed E-state index contributed by atoms with van der Waals surface area (Å²) in [6, 6.07) is 35.9. The molecule has 2 nitrogen and oxygen atoms in total. The first-order valence-electron chi connectivity index (χ1n) is 11.4. The first-order valence-corrected chi connectivity index (χ1v) is 11.4. The molecule has 0 radical (unpaired) electrons. The minimum absolute atomic E-state index is 0. The third kappa shape index (κ3) is 9.44. The molecule has 0 heterocycles. The first-order chi connectivity index (χ1) is 17.3. The molecule has 0 aliphatic heterocycles. The summed E-state index contributed by atoms with van der Waals surface area (Å²) in [6.07, 6.45) is 0. The van der Waals surface area contributed by atoms with Gasteiger partial charge in [-0.2, -0.15) is 24.3 Å². The van der Waals surface area contributed by atoms with E-state index in [0.29, 0.717) is 0 Å². The van der Waals surface area contributed by atoms with Gasteiger partial charge in [-0.15, -0.1) is 69.1 Å². The van der Waals surface area contributed by atoms with Crippen molar-refractivity contribution in [3.8, 4) is 11.5 Å². The van der Waals surface area contributed by atoms with Crippen LogP contribution in [-0.2, 0) is 26.2 Å². The number of halogens is 2. The number of hydrogen-bond donors (Lipinski definition) is 2. The Hall–Kier alpha value is -3.56. The number of aryl methyl sites for hydroxylation is 2. The van der Waals surface area contributed by atoms with Gasteiger partial charge >= 0.3 is 26.2 Å². The van der Waals surface area contributed by atoms with E-state index in [0.717, 1.165) is 12.1 Å². The average Bonchev–Trinajstić information content (AvgIpc) is 3.43. The summed E-state index contributed by atoms with van der Waals surface area (Å²) in [5, 5.41) is 22.6. The number of benzene rings is 4. The summed E-state index contributed by atoms with van der Waals surface area (Å²) >= 11 is 0. The molecule has 0 saturated carbocycles. The van der Waals surface area contributed by atoms with Crippen LogP contribution in [0.15, 0.2) is 121 Å². The Morgan fingerprint density at radius 2 is 0.892 bits per heavy atom. The van der Waals surface area contributed by atoms with Crippen molar-refractivity contribution in [2.24, 2.45) is 0 Å². The molecule has 0 saturated heterocycles. The van der Waals surface area contributed by atoms with Crippen LogP contribution in [0.1, 0.15) is 11.1 Å². The fraction of sp³-hybridized carbons (Fsp3) is 0.0625. The van der Waals surface area contributed by atoms with Gasteiger partial charge in [0.15, 0.2) is 0 Å². The largest absolute Gasteiger partial charge is 2.00 e. The van der Waals surface area contributed by atoms with Crippen LogP contribution < -0.4 is 0 Å². The second-order valence-electron chi connectivity index (χ2n) is 8.17. The predicted molar refractivity (Wildman–Crippen MR) is 145 cm³/mol. The summed E-state index contributed by atoms with van der Waals surface area (Å²) in [5.74, 6) is -0.898. The van der Waals surface area contributed by atoms with Gasteiger partial charge in [-0.25, -0.2) is 8.78 Å². The Morgan fingerprint density at radius 1 is 0.514 bits per heavy atom. The second kappa shape index (κ2) is 14.9. The maximum atomic E-state index is 12.0. The zero-order valence-electron chi connectivity index (χ0n) is 20.7. The maximum Gasteiger partial charge on any atom is 2.00 e. The van der Waals surface area contributed by atoms with Crippen molar-refractivity contribution in [1.82, 2.24) is 0 Å². The fourth-order valence-electron chi connectivity index (χ4n) is 3.56. The van der Waals surface area contributed by atoms with Gasteiger partial charge in [0.2, 0.25) is 0 Å². The molecule has 0 amide bonds. The van der Waals surface area contributed by atoms with E-state index in [1.165, 1.54) is 69.1 Å². The van der Waals surface area contributed by atoms with E-state index in [1.54, 1.807) is 0 Å². The van der Waals surface area contributed by atoms with Crippen molar-refractivity contribution in [2.45, 2.75) is 13.8 Å². The second-order valence-corrected chi connectivity index (χ2v) is 8.17. The van der Waals surface area contributed by atoms with Crippen LogP contribution in [0.5, 0.6) is 11.5 Å². The van der Waals surface area contributed by atoms with E-state index in [-0.39, 0.29) is 37.7 Å². The number of phenolic OH excluding ortho intramolecular Hbond substituents is 2. The molecule has 0 bridgehead atoms. The molecule has 0 fully saturated rings. The van der Waals surface area contributed by atoms with E-state index in [9.17, 15) is 8.78 Å². The maximum absolute atomic E-state index is 12.0. The van der Waals surface area contributed by atoms with Gasteiger partial charge in [-0.3, -0.25) is 0 Å². The first kappa shape index (κ1) is 29.7. The van der Waals surface area contributed by atoms with Crippen molar-refractivity contribution in [3.63, 3.8) is 0 Å². The topological polar surface area (TPSA) is 40.5 Å². The summed E-state index contributed by atoms with van der Waals surface area (Å²) < 4.78 is 24.0. The summed E-state index contributed by atoms with van der Waals surface area (Å²) in [4.78, 5) is 0. The Labute approximate surface area is 235 Å². The van der Waals surface area contributed by atoms with Crippen LogP contribution in [-0.4, -0.2) is 10.2 Å². The van der Waals surface area contributed by atoms with Crippen LogP contribution in [0.2, 0.25) is 0 Å². The molecule has 0 spiro atoms. The molecule has 5 heteroatoms. The number of hydrogen-bond acceptors (Lipinski definition) is 2. The fourth-order valence-corrected chi connectivity index (χ4v) is 3.56. The normalized spacial score (nSPS) is 9.62. The Balaban J connectivity index is 0.000000173. The average molecular weight is 574 g/mol. The molecule has 0 aromatic heterocycles. The summed E-state index contributed by atoms with van der Waals surface area (Å²) in [7, 11) is 0. The molecule has 6 aromatic carbocycles. The molecule has 37 heavy (non-hydrogen) atoms. The monoisotopic (exact) mass is 572 g/mol. The molecule has 186 valence electrons. The van der Waals surface area contributed by atoms with Gasteiger partial charge in [0.05, 0.1) is 0 Å². The summed E-state index contributed by atoms with van der Waals surface area (Å²) in [5.41, 5.74) is 2.74. The van der Waals surface area contributed by atoms with Gasteiger partial charge in [0.25, 0.3) is 0 Å². The van der Waals surface area contributed by atoms with Crippen molar-refractivity contribution in [1.29, 1.82) is 0 Å². The quantitative estimate of drug-likeness (QED) is 0.178. The molecule has 0 unspecified atom stereocenters. The molecule has 6 aromatic rings. The minimum Gasteiger partial charge on any atom is -0.508 e. The smallest absolute Gasteiger partial charge is 0.508 e. The van der Waals surface area contributed by atoms with Crippen molar-refractivity contribution >= 4 is 21.5 Å². The van der Waals surface area contributed by atoms with Gasteiger partial charge in [-0.05, 0) is 24.3 Å². The molecule has 2 N–H and O–H groups in total. The van der Waals surface area contributed by atoms with Crippen LogP contribution in [0.25, 0.3) is 21.5 Å².